The van der Waals surface area contributed by atoms with E-state index in [1.807, 2.05) is 35.2 Å². The minimum absolute atomic E-state index is 0.206. The Bertz CT molecular complexity index is 1240. The summed E-state index contributed by atoms with van der Waals surface area (Å²) in [6, 6.07) is 14.1. The molecule has 0 radical (unpaired) electrons. The molecule has 7 nitrogen and oxygen atoms in total. The molecule has 3 aromatic rings. The van der Waals surface area contributed by atoms with Crippen molar-refractivity contribution in [3.63, 3.8) is 0 Å². The zero-order chi connectivity index (χ0) is 23.8. The van der Waals surface area contributed by atoms with E-state index in [4.69, 9.17) is 9.47 Å². The zero-order valence-electron chi connectivity index (χ0n) is 19.5. The lowest BCUT2D eigenvalue weighted by molar-refractivity contribution is -0.182. The summed E-state index contributed by atoms with van der Waals surface area (Å²) in [6.07, 6.45) is 7.94. The van der Waals surface area contributed by atoms with Crippen molar-refractivity contribution in [1.82, 2.24) is 9.55 Å². The maximum absolute atomic E-state index is 12.8. The standard InChI is InChI=1S/C27H28N4O3/c1-19-3-5-23(15-20(19)2)31-12-7-21(17-31)25(32)30-22-4-6-24(29-16-22)26(18-28)8-10-27(11-9-26)33-13-14-34-27/h3-7,12,15-17H,8-11,13-14H2,1-2H3,(H,30,32). The summed E-state index contributed by atoms with van der Waals surface area (Å²) >= 11 is 0. The second kappa shape index (κ2) is 8.71. The summed E-state index contributed by atoms with van der Waals surface area (Å²) in [7, 11) is 0. The summed E-state index contributed by atoms with van der Waals surface area (Å²) in [5, 5.41) is 12.9. The Kier molecular flexibility index (Phi) is 5.72. The van der Waals surface area contributed by atoms with Crippen molar-refractivity contribution in [3.8, 4) is 11.8 Å². The summed E-state index contributed by atoms with van der Waals surface area (Å²) in [6.45, 7) is 5.37. The Balaban J connectivity index is 1.26. The van der Waals surface area contributed by atoms with Crippen LogP contribution in [0.15, 0.2) is 55.0 Å². The van der Waals surface area contributed by atoms with Crippen LogP contribution >= 0.6 is 0 Å². The van der Waals surface area contributed by atoms with Gasteiger partial charge >= 0.3 is 0 Å². The number of benzene rings is 1. The molecule has 7 heteroatoms. The molecule has 2 aliphatic rings. The van der Waals surface area contributed by atoms with Gasteiger partial charge in [0.1, 0.15) is 0 Å². The molecule has 174 valence electrons. The lowest BCUT2D eigenvalue weighted by Gasteiger charge is -2.39. The summed E-state index contributed by atoms with van der Waals surface area (Å²) in [4.78, 5) is 17.4. The van der Waals surface area contributed by atoms with Crippen LogP contribution in [-0.2, 0) is 14.9 Å². The fourth-order valence-electron chi connectivity index (χ4n) is 4.80. The molecule has 2 aromatic heterocycles. The van der Waals surface area contributed by atoms with Crippen LogP contribution in [0.5, 0.6) is 0 Å². The number of carbonyl (C=O) groups excluding carboxylic acids is 1. The van der Waals surface area contributed by atoms with Crippen molar-refractivity contribution in [1.29, 1.82) is 5.26 Å². The molecule has 1 N–H and O–H groups in total. The van der Waals surface area contributed by atoms with Gasteiger partial charge in [0.2, 0.25) is 0 Å². The second-order valence-corrected chi connectivity index (χ2v) is 9.26. The minimum atomic E-state index is -0.660. The molecule has 2 fully saturated rings. The largest absolute Gasteiger partial charge is 0.348 e. The maximum atomic E-state index is 12.8. The van der Waals surface area contributed by atoms with E-state index < -0.39 is 11.2 Å². The summed E-state index contributed by atoms with van der Waals surface area (Å²) in [5.41, 5.74) is 4.66. The third kappa shape index (κ3) is 4.11. The number of anilines is 1. The molecule has 1 amide bonds. The van der Waals surface area contributed by atoms with Gasteiger partial charge < -0.3 is 19.4 Å². The van der Waals surface area contributed by atoms with Crippen LogP contribution in [0.1, 0.15) is 52.9 Å². The lowest BCUT2D eigenvalue weighted by atomic mass is 9.70. The van der Waals surface area contributed by atoms with E-state index in [1.54, 1.807) is 12.3 Å². The van der Waals surface area contributed by atoms with Crippen LogP contribution in [-0.4, -0.2) is 34.5 Å². The highest BCUT2D eigenvalue weighted by molar-refractivity contribution is 6.04. The topological polar surface area (TPSA) is 89.2 Å². The zero-order valence-corrected chi connectivity index (χ0v) is 19.5. The SMILES string of the molecule is Cc1ccc(-n2ccc(C(=O)Nc3ccc(C4(C#N)CCC5(CC4)OCCO5)nc3)c2)cc1C. The van der Waals surface area contributed by atoms with E-state index in [0.29, 0.717) is 50.1 Å². The quantitative estimate of drug-likeness (QED) is 0.608. The number of aryl methyl sites for hydroxylation is 2. The molecule has 1 saturated carbocycles. The van der Waals surface area contributed by atoms with Crippen LogP contribution in [0.4, 0.5) is 5.69 Å². The van der Waals surface area contributed by atoms with Gasteiger partial charge in [0.25, 0.3) is 5.91 Å². The van der Waals surface area contributed by atoms with Gasteiger partial charge in [-0.1, -0.05) is 6.07 Å². The van der Waals surface area contributed by atoms with Gasteiger partial charge in [0.15, 0.2) is 5.79 Å². The molecule has 1 saturated heterocycles. The van der Waals surface area contributed by atoms with E-state index in [-0.39, 0.29) is 5.91 Å². The molecular weight excluding hydrogens is 428 g/mol. The highest BCUT2D eigenvalue weighted by Crippen LogP contribution is 2.45. The van der Waals surface area contributed by atoms with Gasteiger partial charge in [-0.05, 0) is 68.1 Å². The van der Waals surface area contributed by atoms with E-state index in [0.717, 1.165) is 11.4 Å². The molecular formula is C27H28N4O3. The van der Waals surface area contributed by atoms with Gasteiger partial charge in [-0.25, -0.2) is 0 Å². The van der Waals surface area contributed by atoms with Crippen molar-refractivity contribution in [3.05, 3.63) is 77.4 Å². The third-order valence-corrected chi connectivity index (χ3v) is 7.15. The second-order valence-electron chi connectivity index (χ2n) is 9.26. The first-order valence-corrected chi connectivity index (χ1v) is 11.6. The Hall–Kier alpha value is -3.47. The van der Waals surface area contributed by atoms with Gasteiger partial charge in [-0.3, -0.25) is 9.78 Å². The van der Waals surface area contributed by atoms with Gasteiger partial charge in [-0.2, -0.15) is 5.26 Å². The molecule has 0 unspecified atom stereocenters. The number of hydrogen-bond acceptors (Lipinski definition) is 5. The van der Waals surface area contributed by atoms with Gasteiger partial charge in [0, 0.05) is 30.9 Å². The van der Waals surface area contributed by atoms with E-state index >= 15 is 0 Å². The molecule has 0 atom stereocenters. The Labute approximate surface area is 199 Å². The van der Waals surface area contributed by atoms with E-state index in [9.17, 15) is 10.1 Å². The normalized spacial score (nSPS) is 18.5. The predicted molar refractivity (Wildman–Crippen MR) is 128 cm³/mol. The Morgan fingerprint density at radius 3 is 2.47 bits per heavy atom. The van der Waals surface area contributed by atoms with Crippen molar-refractivity contribution >= 4 is 11.6 Å². The highest BCUT2D eigenvalue weighted by Gasteiger charge is 2.48. The molecule has 1 aliphatic carbocycles. The number of hydrogen-bond donors (Lipinski definition) is 1. The summed E-state index contributed by atoms with van der Waals surface area (Å²) < 4.78 is 13.5. The number of nitrogens with zero attached hydrogens (tertiary/aromatic N) is 3. The van der Waals surface area contributed by atoms with Crippen molar-refractivity contribution in [2.75, 3.05) is 18.5 Å². The number of pyridine rings is 1. The number of carbonyl (C=O) groups is 1. The first kappa shape index (κ1) is 22.3. The fraction of sp³-hybridized carbons (Fsp3) is 0.370. The van der Waals surface area contributed by atoms with Crippen molar-refractivity contribution < 1.29 is 14.3 Å². The maximum Gasteiger partial charge on any atom is 0.257 e. The lowest BCUT2D eigenvalue weighted by Crippen LogP contribution is -2.41. The monoisotopic (exact) mass is 456 g/mol. The number of amides is 1. The molecule has 1 aromatic carbocycles. The fourth-order valence-corrected chi connectivity index (χ4v) is 4.80. The predicted octanol–water partition coefficient (Wildman–Crippen LogP) is 4.82. The molecule has 3 heterocycles. The molecule has 5 rings (SSSR count). The van der Waals surface area contributed by atoms with Crippen LogP contribution in [0.3, 0.4) is 0 Å². The summed E-state index contributed by atoms with van der Waals surface area (Å²) in [5.74, 6) is -0.732. The molecule has 34 heavy (non-hydrogen) atoms. The minimum Gasteiger partial charge on any atom is -0.348 e. The van der Waals surface area contributed by atoms with Crippen LogP contribution in [0.25, 0.3) is 5.69 Å². The average Bonchev–Trinajstić information content (AvgIpc) is 3.53. The average molecular weight is 457 g/mol. The van der Waals surface area contributed by atoms with Gasteiger partial charge in [-0.15, -0.1) is 0 Å². The number of nitrogens with one attached hydrogen (secondary N) is 1. The van der Waals surface area contributed by atoms with Crippen molar-refractivity contribution in [2.24, 2.45) is 0 Å². The van der Waals surface area contributed by atoms with Gasteiger partial charge in [0.05, 0.1) is 47.8 Å². The highest BCUT2D eigenvalue weighted by atomic mass is 16.7. The first-order chi connectivity index (χ1) is 16.4. The smallest absolute Gasteiger partial charge is 0.257 e. The molecule has 0 bridgehead atoms. The number of aromatic nitrogens is 2. The van der Waals surface area contributed by atoms with Crippen LogP contribution in [0.2, 0.25) is 0 Å². The first-order valence-electron chi connectivity index (χ1n) is 11.6. The molecule has 1 spiro atoms. The number of nitriles is 1. The van der Waals surface area contributed by atoms with E-state index in [2.05, 4.69) is 42.4 Å². The van der Waals surface area contributed by atoms with Crippen LogP contribution in [0, 0.1) is 25.2 Å². The van der Waals surface area contributed by atoms with E-state index in [1.165, 1.54) is 11.1 Å². The third-order valence-electron chi connectivity index (χ3n) is 7.15. The number of rotatable bonds is 4. The van der Waals surface area contributed by atoms with Crippen LogP contribution < -0.4 is 5.32 Å². The van der Waals surface area contributed by atoms with Crippen molar-refractivity contribution in [2.45, 2.75) is 50.7 Å². The molecule has 1 aliphatic heterocycles. The number of ether oxygens (including phenoxy) is 2. The Morgan fingerprint density at radius 2 is 1.82 bits per heavy atom. The Morgan fingerprint density at radius 1 is 1.06 bits per heavy atom.